The van der Waals surface area contributed by atoms with Gasteiger partial charge in [0.05, 0.1) is 0 Å². The molecule has 0 bridgehead atoms. The van der Waals surface area contributed by atoms with E-state index in [1.54, 1.807) is 0 Å². The van der Waals surface area contributed by atoms with Crippen molar-refractivity contribution in [2.75, 3.05) is 0 Å². The van der Waals surface area contributed by atoms with Crippen LogP contribution in [0.25, 0.3) is 0 Å². The molecule has 24 heavy (non-hydrogen) atoms. The topological polar surface area (TPSA) is 0 Å². The van der Waals surface area contributed by atoms with Crippen LogP contribution in [0.5, 0.6) is 0 Å². The molecule has 0 heteroatoms. The van der Waals surface area contributed by atoms with E-state index in [-0.39, 0.29) is 0 Å². The Balaban J connectivity index is -0.0000000526. The Morgan fingerprint density at radius 3 is 1.08 bits per heavy atom. The Morgan fingerprint density at radius 1 is 0.542 bits per heavy atom. The molecule has 1 aromatic carbocycles. The molecule has 0 radical (unpaired) electrons. The Labute approximate surface area is 158 Å². The standard InChI is InChI=1S/C11H16.C3H8.5C2H6/c1-3-7-11-9-6-5-8-10(11)4-2;1-3-2;5*1-2/h5-6,8-9H,3-4,7H2,1-2H3;3H2,1-2H3;5*1-2H3. The normalized spacial score (nSPS) is 6.58. The first-order valence-electron chi connectivity index (χ1n) is 10.9. The van der Waals surface area contributed by atoms with Crippen LogP contribution in [0, 0.1) is 0 Å². The molecule has 0 aliphatic heterocycles. The van der Waals surface area contributed by atoms with Gasteiger partial charge in [-0.2, -0.15) is 0 Å². The van der Waals surface area contributed by atoms with Crippen molar-refractivity contribution in [3.63, 3.8) is 0 Å². The van der Waals surface area contributed by atoms with Crippen LogP contribution in [0.15, 0.2) is 24.3 Å². The lowest BCUT2D eigenvalue weighted by Crippen LogP contribution is -1.90. The molecule has 1 rings (SSSR count). The maximum atomic E-state index is 2.24. The first-order chi connectivity index (χ1) is 11.8. The van der Waals surface area contributed by atoms with Crippen molar-refractivity contribution in [3.05, 3.63) is 35.4 Å². The van der Waals surface area contributed by atoms with Crippen LogP contribution in [0.2, 0.25) is 0 Å². The summed E-state index contributed by atoms with van der Waals surface area (Å²) in [5, 5.41) is 0. The summed E-state index contributed by atoms with van der Waals surface area (Å²) in [7, 11) is 0. The highest BCUT2D eigenvalue weighted by Crippen LogP contribution is 2.10. The van der Waals surface area contributed by atoms with E-state index in [0.29, 0.717) is 0 Å². The van der Waals surface area contributed by atoms with Crippen molar-refractivity contribution in [1.82, 2.24) is 0 Å². The molecular weight excluding hydrogens is 288 g/mol. The van der Waals surface area contributed by atoms with Crippen LogP contribution in [0.3, 0.4) is 0 Å². The fourth-order valence-corrected chi connectivity index (χ4v) is 1.42. The van der Waals surface area contributed by atoms with E-state index in [4.69, 9.17) is 0 Å². The highest BCUT2D eigenvalue weighted by Gasteiger charge is 1.96. The van der Waals surface area contributed by atoms with E-state index in [0.717, 1.165) is 6.42 Å². The largest absolute Gasteiger partial charge is 0.0683 e. The summed E-state index contributed by atoms with van der Waals surface area (Å²) in [5.74, 6) is 0. The minimum absolute atomic E-state index is 1.16. The minimum atomic E-state index is 1.16. The second-order valence-corrected chi connectivity index (χ2v) is 3.58. The van der Waals surface area contributed by atoms with Gasteiger partial charge in [-0.05, 0) is 24.0 Å². The molecule has 0 atom stereocenters. The maximum absolute atomic E-state index is 2.24. The monoisotopic (exact) mass is 342 g/mol. The molecule has 0 fully saturated rings. The van der Waals surface area contributed by atoms with Crippen molar-refractivity contribution < 1.29 is 0 Å². The minimum Gasteiger partial charge on any atom is -0.0683 e. The molecule has 150 valence electrons. The average molecular weight is 343 g/mol. The van der Waals surface area contributed by atoms with Crippen LogP contribution in [-0.4, -0.2) is 0 Å². The molecule has 0 spiro atoms. The average Bonchev–Trinajstić information content (AvgIpc) is 2.71. The van der Waals surface area contributed by atoms with E-state index < -0.39 is 0 Å². The van der Waals surface area contributed by atoms with Gasteiger partial charge in [0.15, 0.2) is 0 Å². The zero-order valence-corrected chi connectivity index (χ0v) is 20.1. The third kappa shape index (κ3) is 37.5. The highest BCUT2D eigenvalue weighted by atomic mass is 14.0. The van der Waals surface area contributed by atoms with E-state index in [9.17, 15) is 0 Å². The molecule has 0 aliphatic carbocycles. The number of hydrogen-bond donors (Lipinski definition) is 0. The summed E-state index contributed by atoms with van der Waals surface area (Å²) in [6, 6.07) is 8.72. The van der Waals surface area contributed by atoms with Gasteiger partial charge in [0.25, 0.3) is 0 Å². The summed E-state index contributed by atoms with van der Waals surface area (Å²) < 4.78 is 0. The lowest BCUT2D eigenvalue weighted by atomic mass is 10.0. The molecule has 0 N–H and O–H groups in total. The van der Waals surface area contributed by atoms with Gasteiger partial charge in [0, 0.05) is 0 Å². The molecule has 1 aromatic rings. The molecule has 0 amide bonds. The Morgan fingerprint density at radius 2 is 0.833 bits per heavy atom. The zero-order chi connectivity index (χ0) is 20.8. The van der Waals surface area contributed by atoms with Gasteiger partial charge < -0.3 is 0 Å². The van der Waals surface area contributed by atoms with Gasteiger partial charge in [-0.15, -0.1) is 0 Å². The Bertz CT molecular complexity index is 225. The van der Waals surface area contributed by atoms with Gasteiger partial charge >= 0.3 is 0 Å². The lowest BCUT2D eigenvalue weighted by molar-refractivity contribution is 0.899. The molecule has 0 aliphatic rings. The summed E-state index contributed by atoms with van der Waals surface area (Å²) in [5.41, 5.74) is 3.03. The summed E-state index contributed by atoms with van der Waals surface area (Å²) >= 11 is 0. The fraction of sp³-hybridized carbons (Fsp3) is 0.750. The second-order valence-electron chi connectivity index (χ2n) is 3.58. The van der Waals surface area contributed by atoms with Gasteiger partial charge in [0.2, 0.25) is 0 Å². The van der Waals surface area contributed by atoms with Crippen molar-refractivity contribution in [3.8, 4) is 0 Å². The van der Waals surface area contributed by atoms with Gasteiger partial charge in [-0.3, -0.25) is 0 Å². The molecular formula is C24H54. The molecule has 0 aromatic heterocycles. The van der Waals surface area contributed by atoms with Gasteiger partial charge in [0.1, 0.15) is 0 Å². The van der Waals surface area contributed by atoms with Gasteiger partial charge in [-0.25, -0.2) is 0 Å². The number of benzene rings is 1. The summed E-state index contributed by atoms with van der Waals surface area (Å²) in [6.45, 7) is 28.7. The van der Waals surface area contributed by atoms with E-state index in [1.807, 2.05) is 69.2 Å². The van der Waals surface area contributed by atoms with Crippen LogP contribution < -0.4 is 0 Å². The predicted octanol–water partition coefficient (Wildman–Crippen LogP) is 9.75. The molecule has 0 nitrogen and oxygen atoms in total. The smallest absolute Gasteiger partial charge is 0.0279 e. The lowest BCUT2D eigenvalue weighted by Gasteiger charge is -2.04. The molecule has 0 heterocycles. The molecule has 0 saturated heterocycles. The third-order valence-electron chi connectivity index (χ3n) is 2.02. The Kier molecular flexibility index (Phi) is 92.2. The van der Waals surface area contributed by atoms with Crippen molar-refractivity contribution >= 4 is 0 Å². The molecule has 0 saturated carbocycles. The number of rotatable bonds is 3. The predicted molar refractivity (Wildman–Crippen MR) is 123 cm³/mol. The first-order valence-corrected chi connectivity index (χ1v) is 10.9. The summed E-state index contributed by atoms with van der Waals surface area (Å²) in [4.78, 5) is 0. The van der Waals surface area contributed by atoms with Crippen molar-refractivity contribution in [2.45, 2.75) is 123 Å². The quantitative estimate of drug-likeness (QED) is 0.512. The third-order valence-corrected chi connectivity index (χ3v) is 2.02. The summed E-state index contributed by atoms with van der Waals surface area (Å²) in [6.07, 6.45) is 4.89. The first kappa shape index (κ1) is 38.7. The van der Waals surface area contributed by atoms with Crippen LogP contribution in [-0.2, 0) is 12.8 Å². The number of hydrogen-bond acceptors (Lipinski definition) is 0. The zero-order valence-electron chi connectivity index (χ0n) is 20.1. The molecule has 0 unspecified atom stereocenters. The van der Waals surface area contributed by atoms with Crippen LogP contribution in [0.1, 0.15) is 121 Å². The van der Waals surface area contributed by atoms with Gasteiger partial charge in [-0.1, -0.05) is 134 Å². The van der Waals surface area contributed by atoms with E-state index >= 15 is 0 Å². The maximum Gasteiger partial charge on any atom is -0.0279 e. The SMILES string of the molecule is CC.CC.CC.CC.CC.CCC.CCCc1ccccc1CC. The second kappa shape index (κ2) is 57.2. The van der Waals surface area contributed by atoms with E-state index in [1.165, 1.54) is 30.4 Å². The number of aryl methyl sites for hydroxylation is 2. The van der Waals surface area contributed by atoms with E-state index in [2.05, 4.69) is 52.0 Å². The fourth-order valence-electron chi connectivity index (χ4n) is 1.42. The Hall–Kier alpha value is -0.780. The van der Waals surface area contributed by atoms with Crippen LogP contribution >= 0.6 is 0 Å². The van der Waals surface area contributed by atoms with Crippen molar-refractivity contribution in [2.24, 2.45) is 0 Å². The van der Waals surface area contributed by atoms with Crippen molar-refractivity contribution in [1.29, 1.82) is 0 Å². The highest BCUT2D eigenvalue weighted by molar-refractivity contribution is 5.26. The van der Waals surface area contributed by atoms with Crippen LogP contribution in [0.4, 0.5) is 0 Å².